The number of piperidine rings is 2. The molecule has 0 aliphatic carbocycles. The van der Waals surface area contributed by atoms with Crippen molar-refractivity contribution in [1.82, 2.24) is 20.4 Å². The van der Waals surface area contributed by atoms with Gasteiger partial charge in [-0.15, -0.1) is 0 Å². The van der Waals surface area contributed by atoms with Crippen LogP contribution in [0.5, 0.6) is 0 Å². The molecule has 256 valence electrons. The number of hydrogen-bond donors (Lipinski definition) is 4. The average Bonchev–Trinajstić information content (AvgIpc) is 3.50. The smallest absolute Gasteiger partial charge is 0.256 e. The van der Waals surface area contributed by atoms with E-state index < -0.39 is 11.6 Å². The first-order chi connectivity index (χ1) is 24.3. The van der Waals surface area contributed by atoms with E-state index >= 15 is 0 Å². The SMILES string of the molecule is O=C1CCC(Nc2ccc(C3CCN(CCc4ccc(C(=O)Nc5n[nH]c6ccc(Cc7cc(F)cc(F)c7)cc56)cc4)CC3)cc2)C(=O)N1. The van der Waals surface area contributed by atoms with E-state index in [0.29, 0.717) is 47.5 Å². The Balaban J connectivity index is 0.877. The number of fused-ring (bicyclic) bond motifs is 1. The Labute approximate surface area is 288 Å². The molecule has 2 aliphatic heterocycles. The van der Waals surface area contributed by atoms with Gasteiger partial charge in [-0.05, 0) is 122 Å². The second kappa shape index (κ2) is 14.6. The first-order valence-electron chi connectivity index (χ1n) is 17.0. The van der Waals surface area contributed by atoms with Crippen LogP contribution >= 0.6 is 0 Å². The summed E-state index contributed by atoms with van der Waals surface area (Å²) < 4.78 is 27.4. The number of nitrogens with one attached hydrogen (secondary N) is 4. The largest absolute Gasteiger partial charge is 0.374 e. The van der Waals surface area contributed by atoms with E-state index in [1.165, 1.54) is 17.7 Å². The molecule has 2 aliphatic rings. The predicted molar refractivity (Wildman–Crippen MR) is 188 cm³/mol. The van der Waals surface area contributed by atoms with Gasteiger partial charge in [-0.2, -0.15) is 5.10 Å². The minimum Gasteiger partial charge on any atom is -0.374 e. The molecule has 7 rings (SSSR count). The molecule has 4 aromatic carbocycles. The Morgan fingerprint density at radius 2 is 1.56 bits per heavy atom. The lowest BCUT2D eigenvalue weighted by atomic mass is 9.89. The minimum atomic E-state index is -0.618. The lowest BCUT2D eigenvalue weighted by Crippen LogP contribution is -2.47. The van der Waals surface area contributed by atoms with Crippen LogP contribution in [0.4, 0.5) is 20.3 Å². The van der Waals surface area contributed by atoms with Gasteiger partial charge in [-0.25, -0.2) is 8.78 Å². The summed E-state index contributed by atoms with van der Waals surface area (Å²) in [6.45, 7) is 2.97. The fraction of sp³-hybridized carbons (Fsp3) is 0.282. The Hall–Kier alpha value is -5.42. The third-order valence-corrected chi connectivity index (χ3v) is 9.67. The number of H-pyrrole nitrogens is 1. The van der Waals surface area contributed by atoms with E-state index in [0.717, 1.165) is 67.3 Å². The zero-order valence-electron chi connectivity index (χ0n) is 27.5. The van der Waals surface area contributed by atoms with E-state index in [4.69, 9.17) is 0 Å². The van der Waals surface area contributed by atoms with Crippen LogP contribution in [0, 0.1) is 11.6 Å². The summed E-state index contributed by atoms with van der Waals surface area (Å²) in [5.74, 6) is -1.11. The number of imide groups is 1. The number of carbonyl (C=O) groups is 3. The van der Waals surface area contributed by atoms with Gasteiger partial charge in [0.15, 0.2) is 5.82 Å². The Morgan fingerprint density at radius 1 is 0.840 bits per heavy atom. The van der Waals surface area contributed by atoms with Crippen LogP contribution in [-0.4, -0.2) is 58.5 Å². The number of hydrogen-bond acceptors (Lipinski definition) is 6. The number of aromatic amines is 1. The van der Waals surface area contributed by atoms with Gasteiger partial charge in [0.25, 0.3) is 5.91 Å². The molecule has 11 heteroatoms. The zero-order chi connectivity index (χ0) is 34.6. The third kappa shape index (κ3) is 7.89. The number of carbonyl (C=O) groups excluding carboxylic acids is 3. The first kappa shape index (κ1) is 33.1. The van der Waals surface area contributed by atoms with Gasteiger partial charge >= 0.3 is 0 Å². The number of halogens is 2. The summed E-state index contributed by atoms with van der Waals surface area (Å²) in [6.07, 6.45) is 4.23. The van der Waals surface area contributed by atoms with Gasteiger partial charge < -0.3 is 15.5 Å². The topological polar surface area (TPSA) is 119 Å². The Bertz CT molecular complexity index is 2000. The van der Waals surface area contributed by atoms with Gasteiger partial charge in [-0.1, -0.05) is 30.3 Å². The third-order valence-electron chi connectivity index (χ3n) is 9.67. The maximum absolute atomic E-state index is 13.7. The Morgan fingerprint density at radius 3 is 2.28 bits per heavy atom. The van der Waals surface area contributed by atoms with E-state index in [2.05, 4.69) is 43.2 Å². The van der Waals surface area contributed by atoms with Crippen LogP contribution in [0.3, 0.4) is 0 Å². The normalized spacial score (nSPS) is 17.1. The van der Waals surface area contributed by atoms with Crippen molar-refractivity contribution >= 4 is 40.1 Å². The molecule has 0 saturated carbocycles. The van der Waals surface area contributed by atoms with Crippen molar-refractivity contribution in [2.24, 2.45) is 0 Å². The standard InChI is InChI=1S/C39H38F2N6O3/c40-30-20-26(21-31(41)23-30)19-25-3-10-34-33(22-25)37(46-45-34)44-38(49)29-4-1-24(2-5-29)13-16-47-17-14-28(15-18-47)27-6-8-32(9-7-27)42-35-11-12-36(48)43-39(35)50/h1-10,20-23,28,35,42H,11-19H2,(H,43,48,50)(H2,44,45,46,49). The second-order valence-electron chi connectivity index (χ2n) is 13.2. The summed E-state index contributed by atoms with van der Waals surface area (Å²) in [7, 11) is 0. The maximum Gasteiger partial charge on any atom is 0.256 e. The van der Waals surface area contributed by atoms with Crippen molar-refractivity contribution in [3.8, 4) is 0 Å². The second-order valence-corrected chi connectivity index (χ2v) is 13.2. The number of rotatable bonds is 10. The minimum absolute atomic E-state index is 0.216. The van der Waals surface area contributed by atoms with Gasteiger partial charge in [-0.3, -0.25) is 24.8 Å². The maximum atomic E-state index is 13.7. The van der Waals surface area contributed by atoms with Crippen LogP contribution in [0.2, 0.25) is 0 Å². The molecule has 50 heavy (non-hydrogen) atoms. The number of amides is 3. The molecule has 5 aromatic rings. The quantitative estimate of drug-likeness (QED) is 0.129. The lowest BCUT2D eigenvalue weighted by molar-refractivity contribution is -0.133. The van der Waals surface area contributed by atoms with Crippen molar-refractivity contribution in [3.63, 3.8) is 0 Å². The van der Waals surface area contributed by atoms with Gasteiger partial charge in [0.2, 0.25) is 11.8 Å². The molecule has 2 fully saturated rings. The molecule has 1 unspecified atom stereocenters. The molecular formula is C39H38F2N6O3. The zero-order valence-corrected chi connectivity index (χ0v) is 27.5. The molecule has 9 nitrogen and oxygen atoms in total. The summed E-state index contributed by atoms with van der Waals surface area (Å²) in [4.78, 5) is 39.1. The van der Waals surface area contributed by atoms with Crippen LogP contribution < -0.4 is 16.0 Å². The number of anilines is 2. The highest BCUT2D eigenvalue weighted by molar-refractivity contribution is 6.08. The van der Waals surface area contributed by atoms with E-state index in [9.17, 15) is 23.2 Å². The van der Waals surface area contributed by atoms with Crippen LogP contribution in [0.25, 0.3) is 10.9 Å². The van der Waals surface area contributed by atoms with Crippen LogP contribution in [0.15, 0.2) is 84.9 Å². The highest BCUT2D eigenvalue weighted by Crippen LogP contribution is 2.30. The summed E-state index contributed by atoms with van der Waals surface area (Å²) in [6, 6.07) is 24.6. The molecule has 1 aromatic heterocycles. The number of benzene rings is 4. The summed E-state index contributed by atoms with van der Waals surface area (Å²) in [5.41, 5.74) is 5.96. The molecular weight excluding hydrogens is 638 g/mol. The van der Waals surface area contributed by atoms with Crippen LogP contribution in [0.1, 0.15) is 64.2 Å². The van der Waals surface area contributed by atoms with Crippen molar-refractivity contribution in [3.05, 3.63) is 124 Å². The molecule has 0 bridgehead atoms. The van der Waals surface area contributed by atoms with E-state index in [-0.39, 0.29) is 23.8 Å². The number of aromatic nitrogens is 2. The molecule has 0 radical (unpaired) electrons. The Kier molecular flexibility index (Phi) is 9.66. The summed E-state index contributed by atoms with van der Waals surface area (Å²) in [5, 5.41) is 16.4. The highest BCUT2D eigenvalue weighted by Gasteiger charge is 2.26. The number of nitrogens with zero attached hydrogens (tertiary/aromatic N) is 2. The molecule has 3 heterocycles. The van der Waals surface area contributed by atoms with E-state index in [1.54, 1.807) is 0 Å². The van der Waals surface area contributed by atoms with Crippen molar-refractivity contribution < 1.29 is 23.2 Å². The monoisotopic (exact) mass is 676 g/mol. The lowest BCUT2D eigenvalue weighted by Gasteiger charge is -2.32. The van der Waals surface area contributed by atoms with Gasteiger partial charge in [0, 0.05) is 35.7 Å². The van der Waals surface area contributed by atoms with Crippen molar-refractivity contribution in [2.75, 3.05) is 30.3 Å². The fourth-order valence-electron chi connectivity index (χ4n) is 6.88. The molecule has 1 atom stereocenters. The molecule has 4 N–H and O–H groups in total. The van der Waals surface area contributed by atoms with Crippen LogP contribution in [-0.2, 0) is 22.4 Å². The molecule has 0 spiro atoms. The van der Waals surface area contributed by atoms with Crippen molar-refractivity contribution in [2.45, 2.75) is 50.5 Å². The van der Waals surface area contributed by atoms with Crippen molar-refractivity contribution in [1.29, 1.82) is 0 Å². The molecule has 3 amide bonds. The summed E-state index contributed by atoms with van der Waals surface area (Å²) >= 11 is 0. The van der Waals surface area contributed by atoms with E-state index in [1.807, 2.05) is 54.6 Å². The van der Waals surface area contributed by atoms with Gasteiger partial charge in [0.05, 0.1) is 5.52 Å². The predicted octanol–water partition coefficient (Wildman–Crippen LogP) is 6.32. The fourth-order valence-corrected chi connectivity index (χ4v) is 6.88. The highest BCUT2D eigenvalue weighted by atomic mass is 19.1. The first-order valence-corrected chi connectivity index (χ1v) is 17.0. The average molecular weight is 677 g/mol. The molecule has 2 saturated heterocycles. The number of likely N-dealkylation sites (tertiary alicyclic amines) is 1. The van der Waals surface area contributed by atoms with Gasteiger partial charge in [0.1, 0.15) is 17.7 Å².